The lowest BCUT2D eigenvalue weighted by Crippen LogP contribution is -2.21. The number of rotatable bonds is 1. The van der Waals surface area contributed by atoms with Crippen molar-refractivity contribution in [3.8, 4) is 5.75 Å². The molecule has 1 aliphatic carbocycles. The number of benzene rings is 1. The second-order valence-electron chi connectivity index (χ2n) is 3.67. The molecular weight excluding hydrogens is 214 g/mol. The van der Waals surface area contributed by atoms with Crippen LogP contribution in [-0.2, 0) is 0 Å². The molecule has 0 saturated heterocycles. The van der Waals surface area contributed by atoms with Gasteiger partial charge in [0.1, 0.15) is 5.75 Å². The van der Waals surface area contributed by atoms with Gasteiger partial charge in [-0.25, -0.2) is 0 Å². The molecule has 0 spiro atoms. The van der Waals surface area contributed by atoms with Gasteiger partial charge < -0.3 is 10.2 Å². The largest absolute Gasteiger partial charge is 0.508 e. The van der Waals surface area contributed by atoms with Gasteiger partial charge in [0.25, 0.3) is 0 Å². The van der Waals surface area contributed by atoms with E-state index in [0.717, 1.165) is 6.08 Å². The molecule has 0 saturated carbocycles. The van der Waals surface area contributed by atoms with Gasteiger partial charge in [0, 0.05) is 6.42 Å². The van der Waals surface area contributed by atoms with E-state index in [-0.39, 0.29) is 5.75 Å². The third kappa shape index (κ3) is 1.91. The van der Waals surface area contributed by atoms with Crippen LogP contribution in [0, 0.1) is 0 Å². The molecule has 1 aliphatic rings. The Bertz CT molecular complexity index is 458. The van der Waals surface area contributed by atoms with Gasteiger partial charge in [0.2, 0.25) is 0 Å². The van der Waals surface area contributed by atoms with Crippen molar-refractivity contribution in [2.75, 3.05) is 0 Å². The Kier molecular flexibility index (Phi) is 2.42. The zero-order chi connectivity index (χ0) is 11.8. The van der Waals surface area contributed by atoms with Gasteiger partial charge in [-0.05, 0) is 29.3 Å². The summed E-state index contributed by atoms with van der Waals surface area (Å²) >= 11 is 0. The van der Waals surface area contributed by atoms with Crippen LogP contribution >= 0.6 is 0 Å². The summed E-state index contributed by atoms with van der Waals surface area (Å²) in [5, 5.41) is 18.1. The van der Waals surface area contributed by atoms with Crippen LogP contribution in [0.3, 0.4) is 0 Å². The second-order valence-corrected chi connectivity index (χ2v) is 3.67. The summed E-state index contributed by atoms with van der Waals surface area (Å²) in [7, 11) is 0. The molecule has 2 rings (SSSR count). The van der Waals surface area contributed by atoms with E-state index in [1.165, 1.54) is 18.2 Å². The molecular formula is C12H10F2O2. The molecule has 4 heteroatoms. The SMILES string of the molecule is OC1=CC=C(c2ccc(O)cc2)CC1(F)F. The minimum absolute atomic E-state index is 0.0882. The highest BCUT2D eigenvalue weighted by Gasteiger charge is 2.37. The third-order valence-electron chi connectivity index (χ3n) is 2.47. The first-order valence-corrected chi connectivity index (χ1v) is 4.76. The predicted molar refractivity (Wildman–Crippen MR) is 56.4 cm³/mol. The van der Waals surface area contributed by atoms with Crippen molar-refractivity contribution in [2.24, 2.45) is 0 Å². The maximum absolute atomic E-state index is 13.2. The molecule has 0 amide bonds. The Morgan fingerprint density at radius 3 is 2.19 bits per heavy atom. The molecule has 2 nitrogen and oxygen atoms in total. The topological polar surface area (TPSA) is 40.5 Å². The number of alkyl halides is 2. The second kappa shape index (κ2) is 3.63. The van der Waals surface area contributed by atoms with E-state index in [1.807, 2.05) is 0 Å². The van der Waals surface area contributed by atoms with Crippen LogP contribution in [0.2, 0.25) is 0 Å². The summed E-state index contributed by atoms with van der Waals surface area (Å²) in [6, 6.07) is 6.00. The van der Waals surface area contributed by atoms with Gasteiger partial charge in [-0.1, -0.05) is 18.2 Å². The number of allylic oxidation sites excluding steroid dienone is 4. The van der Waals surface area contributed by atoms with E-state index in [4.69, 9.17) is 10.2 Å². The Morgan fingerprint density at radius 1 is 1.00 bits per heavy atom. The van der Waals surface area contributed by atoms with Gasteiger partial charge >= 0.3 is 5.92 Å². The fourth-order valence-corrected chi connectivity index (χ4v) is 1.56. The quantitative estimate of drug-likeness (QED) is 0.768. The van der Waals surface area contributed by atoms with Crippen LogP contribution in [0.15, 0.2) is 42.2 Å². The average Bonchev–Trinajstić information content (AvgIpc) is 2.23. The zero-order valence-corrected chi connectivity index (χ0v) is 8.32. The number of hydrogen-bond acceptors (Lipinski definition) is 2. The lowest BCUT2D eigenvalue weighted by molar-refractivity contribution is 0.00362. The monoisotopic (exact) mass is 224 g/mol. The van der Waals surface area contributed by atoms with Gasteiger partial charge in [-0.3, -0.25) is 0 Å². The molecule has 2 N–H and O–H groups in total. The Balaban J connectivity index is 2.34. The minimum Gasteiger partial charge on any atom is -0.508 e. The van der Waals surface area contributed by atoms with E-state index >= 15 is 0 Å². The van der Waals surface area contributed by atoms with Crippen molar-refractivity contribution in [1.82, 2.24) is 0 Å². The third-order valence-corrected chi connectivity index (χ3v) is 2.47. The van der Waals surface area contributed by atoms with Crippen molar-refractivity contribution in [3.63, 3.8) is 0 Å². The van der Waals surface area contributed by atoms with Gasteiger partial charge in [0.05, 0.1) is 0 Å². The summed E-state index contributed by atoms with van der Waals surface area (Å²) in [6.07, 6.45) is 1.94. The van der Waals surface area contributed by atoms with Crippen molar-refractivity contribution >= 4 is 5.57 Å². The molecule has 0 fully saturated rings. The van der Waals surface area contributed by atoms with E-state index in [0.29, 0.717) is 11.1 Å². The molecule has 1 aromatic rings. The molecule has 0 aromatic heterocycles. The first-order chi connectivity index (χ1) is 7.49. The number of aliphatic hydroxyl groups is 1. The fourth-order valence-electron chi connectivity index (χ4n) is 1.56. The van der Waals surface area contributed by atoms with Gasteiger partial charge in [0.15, 0.2) is 5.76 Å². The molecule has 0 atom stereocenters. The first kappa shape index (κ1) is 10.7. The summed E-state index contributed by atoms with van der Waals surface area (Å²) in [6.45, 7) is 0. The van der Waals surface area contributed by atoms with Gasteiger partial charge in [-0.2, -0.15) is 8.78 Å². The lowest BCUT2D eigenvalue weighted by Gasteiger charge is -2.21. The van der Waals surface area contributed by atoms with Crippen LogP contribution < -0.4 is 0 Å². The molecule has 1 aromatic carbocycles. The standard InChI is InChI=1S/C12H10F2O2/c13-12(14)7-9(3-6-11(12)16)8-1-4-10(15)5-2-8/h1-6,15-16H,7H2. The normalized spacial score (nSPS) is 18.9. The van der Waals surface area contributed by atoms with E-state index < -0.39 is 18.1 Å². The zero-order valence-electron chi connectivity index (χ0n) is 8.32. The first-order valence-electron chi connectivity index (χ1n) is 4.76. The molecule has 16 heavy (non-hydrogen) atoms. The molecule has 0 bridgehead atoms. The van der Waals surface area contributed by atoms with Crippen LogP contribution in [0.5, 0.6) is 5.75 Å². The molecule has 0 heterocycles. The van der Waals surface area contributed by atoms with E-state index in [2.05, 4.69) is 0 Å². The highest BCUT2D eigenvalue weighted by atomic mass is 19.3. The number of halogens is 2. The summed E-state index contributed by atoms with van der Waals surface area (Å²) in [5.74, 6) is -4.03. The number of aliphatic hydroxyl groups excluding tert-OH is 1. The number of phenols is 1. The predicted octanol–water partition coefficient (Wildman–Crippen LogP) is 3.26. The molecule has 0 aliphatic heterocycles. The molecule has 84 valence electrons. The lowest BCUT2D eigenvalue weighted by atomic mass is 9.94. The van der Waals surface area contributed by atoms with Crippen molar-refractivity contribution < 1.29 is 19.0 Å². The van der Waals surface area contributed by atoms with E-state index in [1.54, 1.807) is 12.1 Å². The fraction of sp³-hybridized carbons (Fsp3) is 0.167. The average molecular weight is 224 g/mol. The minimum atomic E-state index is -3.21. The Hall–Kier alpha value is -1.84. The van der Waals surface area contributed by atoms with Crippen molar-refractivity contribution in [1.29, 1.82) is 0 Å². The summed E-state index contributed by atoms with van der Waals surface area (Å²) in [5.41, 5.74) is 1.05. The van der Waals surface area contributed by atoms with Crippen LogP contribution in [0.1, 0.15) is 12.0 Å². The Labute approximate surface area is 91.2 Å². The summed E-state index contributed by atoms with van der Waals surface area (Å²) in [4.78, 5) is 0. The van der Waals surface area contributed by atoms with Gasteiger partial charge in [-0.15, -0.1) is 0 Å². The van der Waals surface area contributed by atoms with Crippen molar-refractivity contribution in [2.45, 2.75) is 12.3 Å². The Morgan fingerprint density at radius 2 is 1.62 bits per heavy atom. The van der Waals surface area contributed by atoms with Crippen LogP contribution in [-0.4, -0.2) is 16.1 Å². The number of hydrogen-bond donors (Lipinski definition) is 2. The van der Waals surface area contributed by atoms with Crippen molar-refractivity contribution in [3.05, 3.63) is 47.7 Å². The van der Waals surface area contributed by atoms with Crippen LogP contribution in [0.25, 0.3) is 5.57 Å². The highest BCUT2D eigenvalue weighted by molar-refractivity contribution is 5.70. The molecule has 0 unspecified atom stereocenters. The smallest absolute Gasteiger partial charge is 0.307 e. The summed E-state index contributed by atoms with van der Waals surface area (Å²) < 4.78 is 26.4. The van der Waals surface area contributed by atoms with E-state index in [9.17, 15) is 8.78 Å². The highest BCUT2D eigenvalue weighted by Crippen LogP contribution is 2.37. The molecule has 0 radical (unpaired) electrons. The number of phenolic OH excluding ortho intramolecular Hbond substituents is 1. The maximum Gasteiger partial charge on any atom is 0.307 e. The number of aromatic hydroxyl groups is 1. The van der Waals surface area contributed by atoms with Crippen LogP contribution in [0.4, 0.5) is 8.78 Å². The maximum atomic E-state index is 13.2.